The van der Waals surface area contributed by atoms with E-state index >= 15 is 0 Å². The lowest BCUT2D eigenvalue weighted by Gasteiger charge is -2.16. The van der Waals surface area contributed by atoms with E-state index in [-0.39, 0.29) is 11.4 Å². The summed E-state index contributed by atoms with van der Waals surface area (Å²) in [5, 5.41) is 12.6. The number of nitrogens with zero attached hydrogens (tertiary/aromatic N) is 3. The SMILES string of the molecule is CC1C=CC(n2nc(C(C)(C)C)cc2NC(=O)Nc2ccc(OCc3ccnc(N)c3)c3ccccc23)=CC1. The summed E-state index contributed by atoms with van der Waals surface area (Å²) in [6, 6.07) is 16.8. The molecule has 4 aromatic rings. The number of benzene rings is 2. The lowest BCUT2D eigenvalue weighted by atomic mass is 9.92. The Morgan fingerprint density at radius 1 is 1.10 bits per heavy atom. The first-order chi connectivity index (χ1) is 18.7. The van der Waals surface area contributed by atoms with E-state index in [0.29, 0.717) is 35.6 Å². The third-order valence-corrected chi connectivity index (χ3v) is 6.63. The molecule has 1 atom stereocenters. The van der Waals surface area contributed by atoms with Gasteiger partial charge in [0.25, 0.3) is 0 Å². The van der Waals surface area contributed by atoms with E-state index in [1.165, 1.54) is 0 Å². The fourth-order valence-electron chi connectivity index (χ4n) is 4.43. The van der Waals surface area contributed by atoms with Gasteiger partial charge in [0.05, 0.1) is 17.1 Å². The topological polar surface area (TPSA) is 107 Å². The summed E-state index contributed by atoms with van der Waals surface area (Å²) in [7, 11) is 0. The smallest absolute Gasteiger partial charge is 0.324 e. The molecule has 0 fully saturated rings. The van der Waals surface area contributed by atoms with Crippen LogP contribution in [0, 0.1) is 5.92 Å². The molecule has 2 heterocycles. The highest BCUT2D eigenvalue weighted by Crippen LogP contribution is 2.33. The van der Waals surface area contributed by atoms with Crippen LogP contribution < -0.4 is 21.1 Å². The number of rotatable bonds is 6. The quantitative estimate of drug-likeness (QED) is 0.253. The second-order valence-electron chi connectivity index (χ2n) is 10.9. The van der Waals surface area contributed by atoms with Crippen LogP contribution in [0.2, 0.25) is 0 Å². The minimum atomic E-state index is -0.351. The van der Waals surface area contributed by atoms with Crippen molar-refractivity contribution in [3.8, 4) is 5.75 Å². The number of amides is 2. The molecule has 2 amide bonds. The summed E-state index contributed by atoms with van der Waals surface area (Å²) < 4.78 is 7.91. The van der Waals surface area contributed by atoms with Crippen molar-refractivity contribution in [2.24, 2.45) is 5.92 Å². The number of aromatic nitrogens is 3. The normalized spacial score (nSPS) is 15.2. The number of nitrogen functional groups attached to an aromatic ring is 1. The van der Waals surface area contributed by atoms with Gasteiger partial charge in [-0.25, -0.2) is 14.5 Å². The average Bonchev–Trinajstić information content (AvgIpc) is 3.33. The van der Waals surface area contributed by atoms with Gasteiger partial charge in [-0.3, -0.25) is 5.32 Å². The standard InChI is InChI=1S/C31H34N6O2/c1-20-9-11-22(12-10-20)37-29(18-27(36-37)31(2,3)4)35-30(38)34-25-13-14-26(24-8-6-5-7-23(24)25)39-19-21-15-16-33-28(32)17-21/h5-9,11-18,20H,10,19H2,1-4H3,(H2,32,33)(H2,34,35,38). The van der Waals surface area contributed by atoms with Crippen LogP contribution in [0.15, 0.2) is 79.0 Å². The number of nitrogens with two attached hydrogens (primary N) is 1. The van der Waals surface area contributed by atoms with Crippen molar-refractivity contribution in [1.29, 1.82) is 0 Å². The van der Waals surface area contributed by atoms with Gasteiger partial charge in [-0.1, -0.05) is 64.1 Å². The molecule has 1 aliphatic carbocycles. The Kier molecular flexibility index (Phi) is 7.11. The van der Waals surface area contributed by atoms with Crippen molar-refractivity contribution in [2.45, 2.75) is 46.1 Å². The Balaban J connectivity index is 1.37. The monoisotopic (exact) mass is 522 g/mol. The minimum Gasteiger partial charge on any atom is -0.488 e. The molecular weight excluding hydrogens is 488 g/mol. The molecule has 0 radical (unpaired) electrons. The van der Waals surface area contributed by atoms with E-state index in [2.05, 4.69) is 61.5 Å². The van der Waals surface area contributed by atoms with Crippen LogP contribution in [0.3, 0.4) is 0 Å². The van der Waals surface area contributed by atoms with Crippen molar-refractivity contribution in [3.63, 3.8) is 0 Å². The predicted octanol–water partition coefficient (Wildman–Crippen LogP) is 6.97. The molecule has 1 unspecified atom stereocenters. The Hall–Kier alpha value is -4.59. The molecule has 8 nitrogen and oxygen atoms in total. The molecule has 1 aliphatic rings. The molecule has 2 aromatic carbocycles. The molecule has 5 rings (SSSR count). The van der Waals surface area contributed by atoms with E-state index in [1.807, 2.05) is 53.2 Å². The molecule has 4 N–H and O–H groups in total. The average molecular weight is 523 g/mol. The van der Waals surface area contributed by atoms with Gasteiger partial charge >= 0.3 is 6.03 Å². The summed E-state index contributed by atoms with van der Waals surface area (Å²) >= 11 is 0. The lowest BCUT2D eigenvalue weighted by Crippen LogP contribution is -2.21. The molecule has 8 heteroatoms. The van der Waals surface area contributed by atoms with Crippen LogP contribution in [-0.4, -0.2) is 20.8 Å². The number of anilines is 3. The maximum Gasteiger partial charge on any atom is 0.324 e. The maximum atomic E-state index is 13.2. The third-order valence-electron chi connectivity index (χ3n) is 6.63. The van der Waals surface area contributed by atoms with Crippen molar-refractivity contribution in [3.05, 3.63) is 90.3 Å². The Morgan fingerprint density at radius 2 is 1.90 bits per heavy atom. The van der Waals surface area contributed by atoms with Gasteiger partial charge in [0, 0.05) is 28.5 Å². The molecule has 0 saturated heterocycles. The zero-order valence-electron chi connectivity index (χ0n) is 22.7. The zero-order valence-corrected chi connectivity index (χ0v) is 22.7. The van der Waals surface area contributed by atoms with E-state index in [0.717, 1.165) is 34.1 Å². The number of carbonyl (C=O) groups excluding carboxylic acids is 1. The molecule has 0 spiro atoms. The largest absolute Gasteiger partial charge is 0.488 e. The van der Waals surface area contributed by atoms with Crippen molar-refractivity contribution < 1.29 is 9.53 Å². The van der Waals surface area contributed by atoms with E-state index in [4.69, 9.17) is 15.6 Å². The minimum absolute atomic E-state index is 0.168. The third kappa shape index (κ3) is 5.95. The van der Waals surface area contributed by atoms with Gasteiger partial charge in [-0.15, -0.1) is 0 Å². The lowest BCUT2D eigenvalue weighted by molar-refractivity contribution is 0.262. The summed E-state index contributed by atoms with van der Waals surface area (Å²) in [6.07, 6.45) is 8.97. The molecule has 39 heavy (non-hydrogen) atoms. The second-order valence-corrected chi connectivity index (χ2v) is 10.9. The summed E-state index contributed by atoms with van der Waals surface area (Å²) in [4.78, 5) is 17.3. The molecule has 0 bridgehead atoms. The molecule has 2 aromatic heterocycles. The summed E-state index contributed by atoms with van der Waals surface area (Å²) in [5.41, 5.74) is 9.07. The van der Waals surface area contributed by atoms with Crippen LogP contribution in [0.5, 0.6) is 5.75 Å². The first kappa shape index (κ1) is 26.0. The highest BCUT2D eigenvalue weighted by molar-refractivity contribution is 6.07. The number of ether oxygens (including phenoxy) is 1. The van der Waals surface area contributed by atoms with Gasteiger partial charge in [-0.2, -0.15) is 5.10 Å². The van der Waals surface area contributed by atoms with Crippen LogP contribution >= 0.6 is 0 Å². The number of hydrogen-bond donors (Lipinski definition) is 3. The van der Waals surface area contributed by atoms with Gasteiger partial charge in [0.2, 0.25) is 0 Å². The number of carbonyl (C=O) groups is 1. The first-order valence-corrected chi connectivity index (χ1v) is 13.1. The summed E-state index contributed by atoms with van der Waals surface area (Å²) in [5.74, 6) is 2.26. The van der Waals surface area contributed by atoms with Gasteiger partial charge in [0.1, 0.15) is 24.0 Å². The predicted molar refractivity (Wildman–Crippen MR) is 158 cm³/mol. The van der Waals surface area contributed by atoms with Gasteiger partial charge in [-0.05, 0) is 48.2 Å². The highest BCUT2D eigenvalue weighted by atomic mass is 16.5. The molecule has 0 saturated carbocycles. The Bertz CT molecular complexity index is 1580. The van der Waals surface area contributed by atoms with Crippen LogP contribution in [0.4, 0.5) is 22.1 Å². The van der Waals surface area contributed by atoms with Crippen molar-refractivity contribution in [2.75, 3.05) is 16.4 Å². The summed E-state index contributed by atoms with van der Waals surface area (Å²) in [6.45, 7) is 8.85. The molecule has 200 valence electrons. The number of allylic oxidation sites excluding steroid dienone is 4. The van der Waals surface area contributed by atoms with Crippen LogP contribution in [0.1, 0.15) is 45.4 Å². The van der Waals surface area contributed by atoms with Crippen molar-refractivity contribution in [1.82, 2.24) is 14.8 Å². The first-order valence-electron chi connectivity index (χ1n) is 13.1. The number of fused-ring (bicyclic) bond motifs is 1. The van der Waals surface area contributed by atoms with E-state index in [9.17, 15) is 4.79 Å². The highest BCUT2D eigenvalue weighted by Gasteiger charge is 2.22. The Labute approximate surface area is 228 Å². The fourth-order valence-corrected chi connectivity index (χ4v) is 4.43. The van der Waals surface area contributed by atoms with Crippen LogP contribution in [-0.2, 0) is 12.0 Å². The van der Waals surface area contributed by atoms with Crippen LogP contribution in [0.25, 0.3) is 16.5 Å². The number of pyridine rings is 1. The van der Waals surface area contributed by atoms with Crippen molar-refractivity contribution >= 4 is 39.8 Å². The van der Waals surface area contributed by atoms with Gasteiger partial charge in [0.15, 0.2) is 0 Å². The van der Waals surface area contributed by atoms with E-state index < -0.39 is 0 Å². The molecular formula is C31H34N6O2. The zero-order chi connectivity index (χ0) is 27.6. The number of nitrogens with one attached hydrogen (secondary N) is 2. The number of urea groups is 1. The number of hydrogen-bond acceptors (Lipinski definition) is 5. The maximum absolute atomic E-state index is 13.2. The Morgan fingerprint density at radius 3 is 2.62 bits per heavy atom. The van der Waals surface area contributed by atoms with E-state index in [1.54, 1.807) is 12.3 Å². The fraction of sp³-hybridized carbons (Fsp3) is 0.258. The van der Waals surface area contributed by atoms with Gasteiger partial charge < -0.3 is 15.8 Å². The molecule has 0 aliphatic heterocycles. The second kappa shape index (κ2) is 10.6.